The fourth-order valence-electron chi connectivity index (χ4n) is 4.09. The van der Waals surface area contributed by atoms with Crippen LogP contribution in [0.4, 0.5) is 0 Å². The molecule has 4 rings (SSSR count). The van der Waals surface area contributed by atoms with Gasteiger partial charge in [0.2, 0.25) is 5.91 Å². The van der Waals surface area contributed by atoms with E-state index >= 15 is 0 Å². The molecule has 0 unspecified atom stereocenters. The van der Waals surface area contributed by atoms with E-state index in [2.05, 4.69) is 4.98 Å². The van der Waals surface area contributed by atoms with Crippen LogP contribution in [-0.4, -0.2) is 38.0 Å². The lowest BCUT2D eigenvalue weighted by Gasteiger charge is -2.32. The number of imidazole rings is 1. The van der Waals surface area contributed by atoms with Crippen LogP contribution in [0.5, 0.6) is 0 Å². The predicted molar refractivity (Wildman–Crippen MR) is 105 cm³/mol. The molecule has 1 aliphatic rings. The zero-order chi connectivity index (χ0) is 19.0. The van der Waals surface area contributed by atoms with E-state index in [1.165, 1.54) is 0 Å². The third kappa shape index (κ3) is 3.27. The second-order valence-corrected chi connectivity index (χ2v) is 7.34. The van der Waals surface area contributed by atoms with Crippen LogP contribution >= 0.6 is 0 Å². The van der Waals surface area contributed by atoms with Crippen molar-refractivity contribution >= 4 is 16.8 Å². The summed E-state index contributed by atoms with van der Waals surface area (Å²) in [5.41, 5.74) is 1.62. The molecule has 0 N–H and O–H groups in total. The first-order valence-electron chi connectivity index (χ1n) is 9.39. The van der Waals surface area contributed by atoms with Crippen LogP contribution in [0.1, 0.15) is 30.1 Å². The molecule has 6 heteroatoms. The highest BCUT2D eigenvalue weighted by Crippen LogP contribution is 2.25. The van der Waals surface area contributed by atoms with Crippen molar-refractivity contribution in [1.82, 2.24) is 19.0 Å². The number of piperidine rings is 1. The Hall–Kier alpha value is -2.89. The van der Waals surface area contributed by atoms with Crippen LogP contribution in [0, 0.1) is 6.92 Å². The molecule has 1 aliphatic heterocycles. The molecule has 0 bridgehead atoms. The first kappa shape index (κ1) is 17.5. The number of carbonyl (C=O) groups is 1. The van der Waals surface area contributed by atoms with Crippen LogP contribution in [0.15, 0.2) is 47.5 Å². The molecule has 0 aliphatic carbocycles. The van der Waals surface area contributed by atoms with Crippen LogP contribution < -0.4 is 5.56 Å². The van der Waals surface area contributed by atoms with Gasteiger partial charge in [-0.2, -0.15) is 0 Å². The maximum Gasteiger partial charge on any atom is 0.251 e. The van der Waals surface area contributed by atoms with Crippen LogP contribution in [-0.2, 0) is 18.4 Å². The third-order valence-corrected chi connectivity index (χ3v) is 5.52. The summed E-state index contributed by atoms with van der Waals surface area (Å²) in [4.78, 5) is 31.9. The van der Waals surface area contributed by atoms with Gasteiger partial charge in [-0.25, -0.2) is 4.98 Å². The normalized spacial score (nSPS) is 17.4. The lowest BCUT2D eigenvalue weighted by molar-refractivity contribution is -0.133. The van der Waals surface area contributed by atoms with E-state index in [-0.39, 0.29) is 23.9 Å². The van der Waals surface area contributed by atoms with Crippen LogP contribution in [0.25, 0.3) is 10.9 Å². The number of para-hydroxylation sites is 1. The number of nitrogens with zero attached hydrogens (tertiary/aromatic N) is 4. The van der Waals surface area contributed by atoms with Crippen molar-refractivity contribution in [1.29, 1.82) is 0 Å². The fourth-order valence-corrected chi connectivity index (χ4v) is 4.09. The number of pyridine rings is 1. The topological polar surface area (TPSA) is 60.1 Å². The van der Waals surface area contributed by atoms with E-state index in [9.17, 15) is 9.59 Å². The van der Waals surface area contributed by atoms with Crippen molar-refractivity contribution in [3.05, 3.63) is 64.5 Å². The lowest BCUT2D eigenvalue weighted by atomic mass is 9.97. The van der Waals surface area contributed by atoms with Crippen molar-refractivity contribution in [3.63, 3.8) is 0 Å². The maximum absolute atomic E-state index is 13.0. The maximum atomic E-state index is 13.0. The van der Waals surface area contributed by atoms with Crippen molar-refractivity contribution in [3.8, 4) is 0 Å². The first-order valence-corrected chi connectivity index (χ1v) is 9.39. The third-order valence-electron chi connectivity index (χ3n) is 5.52. The number of hydrogen-bond donors (Lipinski definition) is 0. The summed E-state index contributed by atoms with van der Waals surface area (Å²) in [6.45, 7) is 3.39. The molecule has 1 aromatic carbocycles. The SMILES string of the molecule is Cc1cc(=O)n(CC(=O)N2CCC[C@H](c3nccn3C)C2)c2ccccc12. The molecular formula is C21H24N4O2. The van der Waals surface area contributed by atoms with Gasteiger partial charge < -0.3 is 9.47 Å². The summed E-state index contributed by atoms with van der Waals surface area (Å²) in [6.07, 6.45) is 5.72. The molecular weight excluding hydrogens is 340 g/mol. The molecule has 2 aromatic heterocycles. The number of amides is 1. The van der Waals surface area contributed by atoms with E-state index in [0.29, 0.717) is 6.54 Å². The van der Waals surface area contributed by atoms with Gasteiger partial charge in [-0.1, -0.05) is 18.2 Å². The van der Waals surface area contributed by atoms with E-state index in [1.807, 2.05) is 53.9 Å². The highest BCUT2D eigenvalue weighted by atomic mass is 16.2. The average molecular weight is 364 g/mol. The molecule has 1 atom stereocenters. The largest absolute Gasteiger partial charge is 0.340 e. The van der Waals surface area contributed by atoms with Crippen LogP contribution in [0.3, 0.4) is 0 Å². The smallest absolute Gasteiger partial charge is 0.251 e. The molecule has 27 heavy (non-hydrogen) atoms. The number of fused-ring (bicyclic) bond motifs is 1. The number of hydrogen-bond acceptors (Lipinski definition) is 3. The van der Waals surface area contributed by atoms with E-state index in [4.69, 9.17) is 0 Å². The van der Waals surface area contributed by atoms with E-state index in [1.54, 1.807) is 16.8 Å². The Kier molecular flexibility index (Phi) is 4.56. The van der Waals surface area contributed by atoms with Gasteiger partial charge in [0.1, 0.15) is 12.4 Å². The van der Waals surface area contributed by atoms with Crippen molar-refractivity contribution in [2.45, 2.75) is 32.2 Å². The molecule has 140 valence electrons. The molecule has 0 saturated carbocycles. The molecule has 3 heterocycles. The fraction of sp³-hybridized carbons (Fsp3) is 0.381. The minimum atomic E-state index is -0.128. The predicted octanol–water partition coefficient (Wildman–Crippen LogP) is 2.45. The first-order chi connectivity index (χ1) is 13.0. The van der Waals surface area contributed by atoms with Crippen LogP contribution in [0.2, 0.25) is 0 Å². The quantitative estimate of drug-likeness (QED) is 0.717. The van der Waals surface area contributed by atoms with Gasteiger partial charge in [-0.3, -0.25) is 14.2 Å². The lowest BCUT2D eigenvalue weighted by Crippen LogP contribution is -2.42. The Morgan fingerprint density at radius 1 is 1.30 bits per heavy atom. The highest BCUT2D eigenvalue weighted by Gasteiger charge is 2.27. The number of likely N-dealkylation sites (tertiary alicyclic amines) is 1. The number of aryl methyl sites for hydroxylation is 2. The Labute approximate surface area is 158 Å². The Morgan fingerprint density at radius 2 is 2.11 bits per heavy atom. The number of carbonyl (C=O) groups excluding carboxylic acids is 1. The standard InChI is InChI=1S/C21H24N4O2/c1-15-12-19(26)25(18-8-4-3-7-17(15)18)14-20(27)24-10-5-6-16(13-24)21-22-9-11-23(21)2/h3-4,7-9,11-12,16H,5-6,10,13-14H2,1-2H3/t16-/m0/s1. The minimum absolute atomic E-state index is 0.00925. The van der Waals surface area contributed by atoms with Gasteiger partial charge in [0.25, 0.3) is 5.56 Å². The van der Waals surface area contributed by atoms with Crippen molar-refractivity contribution < 1.29 is 4.79 Å². The van der Waals surface area contributed by atoms with Gasteiger partial charge in [0.15, 0.2) is 0 Å². The zero-order valence-electron chi connectivity index (χ0n) is 15.8. The number of rotatable bonds is 3. The molecule has 0 radical (unpaired) electrons. The molecule has 3 aromatic rings. The molecule has 1 fully saturated rings. The number of benzene rings is 1. The summed E-state index contributed by atoms with van der Waals surface area (Å²) < 4.78 is 3.62. The number of aromatic nitrogens is 3. The van der Waals surface area contributed by atoms with E-state index < -0.39 is 0 Å². The Balaban J connectivity index is 1.59. The molecule has 6 nitrogen and oxygen atoms in total. The monoisotopic (exact) mass is 364 g/mol. The summed E-state index contributed by atoms with van der Waals surface area (Å²) >= 11 is 0. The molecule has 0 spiro atoms. The Bertz CT molecular complexity index is 1050. The molecule has 1 amide bonds. The van der Waals surface area contributed by atoms with Crippen molar-refractivity contribution in [2.24, 2.45) is 7.05 Å². The summed E-state index contributed by atoms with van der Waals surface area (Å²) in [7, 11) is 1.99. The zero-order valence-corrected chi connectivity index (χ0v) is 15.8. The average Bonchev–Trinajstić information content (AvgIpc) is 3.11. The second kappa shape index (κ2) is 7.02. The molecule has 1 saturated heterocycles. The van der Waals surface area contributed by atoms with Gasteiger partial charge >= 0.3 is 0 Å². The summed E-state index contributed by atoms with van der Waals surface area (Å²) in [5.74, 6) is 1.25. The van der Waals surface area contributed by atoms with Gasteiger partial charge in [-0.05, 0) is 31.4 Å². The second-order valence-electron chi connectivity index (χ2n) is 7.34. The summed E-state index contributed by atoms with van der Waals surface area (Å²) in [5, 5.41) is 1.01. The van der Waals surface area contributed by atoms with Gasteiger partial charge in [-0.15, -0.1) is 0 Å². The summed E-state index contributed by atoms with van der Waals surface area (Å²) in [6, 6.07) is 9.36. The highest BCUT2D eigenvalue weighted by molar-refractivity contribution is 5.84. The van der Waals surface area contributed by atoms with Gasteiger partial charge in [0, 0.05) is 49.9 Å². The Morgan fingerprint density at radius 3 is 2.89 bits per heavy atom. The van der Waals surface area contributed by atoms with Gasteiger partial charge in [0.05, 0.1) is 5.52 Å². The minimum Gasteiger partial charge on any atom is -0.340 e. The van der Waals surface area contributed by atoms with E-state index in [0.717, 1.165) is 41.7 Å². The van der Waals surface area contributed by atoms with Crippen molar-refractivity contribution in [2.75, 3.05) is 13.1 Å².